The fraction of sp³-hybridized carbons (Fsp3) is 0.0588. The molecule has 0 bridgehead atoms. The summed E-state index contributed by atoms with van der Waals surface area (Å²) in [6, 6.07) is 13.9. The van der Waals surface area contributed by atoms with Crippen molar-refractivity contribution in [2.24, 2.45) is 16.8 Å². The first kappa shape index (κ1) is 18.2. The van der Waals surface area contributed by atoms with Gasteiger partial charge in [0.15, 0.2) is 5.84 Å². The summed E-state index contributed by atoms with van der Waals surface area (Å²) in [5.41, 5.74) is 2.64. The van der Waals surface area contributed by atoms with Gasteiger partial charge in [0.05, 0.1) is 6.20 Å². The number of halogens is 1. The van der Waals surface area contributed by atoms with E-state index in [1.807, 2.05) is 24.3 Å². The molecule has 3 rings (SSSR count). The highest BCUT2D eigenvalue weighted by Crippen LogP contribution is 2.32. The van der Waals surface area contributed by atoms with Gasteiger partial charge >= 0.3 is 0 Å². The van der Waals surface area contributed by atoms with E-state index in [2.05, 4.69) is 14.8 Å². The normalized spacial score (nSPS) is 11.4. The molecule has 0 fully saturated rings. The smallest absolute Gasteiger partial charge is 0.169 e. The number of hydrogen-bond donors (Lipinski definition) is 3. The lowest BCUT2D eigenvalue weighted by Gasteiger charge is -2.14. The third-order valence-corrected chi connectivity index (χ3v) is 5.43. The monoisotopic (exact) mass is 388 g/mol. The molecule has 5 N–H and O–H groups in total. The molecule has 6 nitrogen and oxygen atoms in total. The predicted molar refractivity (Wildman–Crippen MR) is 106 cm³/mol. The number of rotatable bonds is 5. The summed E-state index contributed by atoms with van der Waals surface area (Å²) in [5.74, 6) is 11.3. The van der Waals surface area contributed by atoms with Crippen molar-refractivity contribution < 1.29 is 4.39 Å². The van der Waals surface area contributed by atoms with Crippen LogP contribution in [0.5, 0.6) is 0 Å². The molecular formula is C17H17FN6S2. The number of nitrogens with one attached hydrogen (secondary N) is 1. The molecule has 3 aromatic rings. The fourth-order valence-corrected chi connectivity index (χ4v) is 3.84. The van der Waals surface area contributed by atoms with E-state index in [0.717, 1.165) is 26.0 Å². The maximum Gasteiger partial charge on any atom is 0.169 e. The Morgan fingerprint density at radius 2 is 1.88 bits per heavy atom. The molecular weight excluding hydrogens is 371 g/mol. The highest BCUT2D eigenvalue weighted by Gasteiger charge is 2.08. The summed E-state index contributed by atoms with van der Waals surface area (Å²) >= 11 is 3.00. The van der Waals surface area contributed by atoms with Gasteiger partial charge in [0.2, 0.25) is 0 Å². The van der Waals surface area contributed by atoms with Crippen molar-refractivity contribution in [3.63, 3.8) is 0 Å². The summed E-state index contributed by atoms with van der Waals surface area (Å²) < 4.78 is 17.3. The van der Waals surface area contributed by atoms with Crippen LogP contribution >= 0.6 is 23.3 Å². The van der Waals surface area contributed by atoms with Crippen molar-refractivity contribution in [2.45, 2.75) is 4.21 Å². The highest BCUT2D eigenvalue weighted by molar-refractivity contribution is 8.02. The molecule has 1 heterocycles. The Bertz CT molecular complexity index is 890. The minimum Gasteiger partial charge on any atom is -0.325 e. The Labute approximate surface area is 158 Å². The van der Waals surface area contributed by atoms with Crippen molar-refractivity contribution >= 4 is 34.8 Å². The van der Waals surface area contributed by atoms with Gasteiger partial charge in [-0.05, 0) is 60.5 Å². The van der Waals surface area contributed by atoms with E-state index in [0.29, 0.717) is 5.84 Å². The zero-order valence-corrected chi connectivity index (χ0v) is 15.5. The van der Waals surface area contributed by atoms with Crippen LogP contribution in [-0.2, 0) is 0 Å². The van der Waals surface area contributed by atoms with Gasteiger partial charge in [-0.2, -0.15) is 5.10 Å². The van der Waals surface area contributed by atoms with Crippen molar-refractivity contribution in [3.05, 3.63) is 66.1 Å². The molecule has 0 saturated heterocycles. The number of thiazole rings is 1. The number of aromatic nitrogens is 1. The molecule has 9 heteroatoms. The molecule has 0 spiro atoms. The van der Waals surface area contributed by atoms with Crippen LogP contribution in [0.25, 0.3) is 10.6 Å². The van der Waals surface area contributed by atoms with Gasteiger partial charge in [0.1, 0.15) is 15.0 Å². The van der Waals surface area contributed by atoms with Gasteiger partial charge in [-0.3, -0.25) is 5.01 Å². The Morgan fingerprint density at radius 3 is 2.50 bits per heavy atom. The maximum absolute atomic E-state index is 13.0. The second-order valence-corrected chi connectivity index (χ2v) is 7.47. The molecule has 26 heavy (non-hydrogen) atoms. The van der Waals surface area contributed by atoms with Crippen molar-refractivity contribution in [1.29, 1.82) is 0 Å². The first-order valence-corrected chi connectivity index (χ1v) is 9.21. The minimum atomic E-state index is -0.256. The second kappa shape index (κ2) is 8.17. The number of hydrogen-bond acceptors (Lipinski definition) is 7. The molecule has 0 aliphatic heterocycles. The molecule has 0 radical (unpaired) electrons. The van der Waals surface area contributed by atoms with Gasteiger partial charge in [0.25, 0.3) is 0 Å². The van der Waals surface area contributed by atoms with Crippen LogP contribution < -0.4 is 16.4 Å². The summed E-state index contributed by atoms with van der Waals surface area (Å²) in [5, 5.41) is 5.89. The number of nitrogens with two attached hydrogens (primary N) is 2. The number of nitrogens with zero attached hydrogens (tertiary/aromatic N) is 3. The van der Waals surface area contributed by atoms with Crippen LogP contribution in [-0.4, -0.2) is 22.9 Å². The largest absolute Gasteiger partial charge is 0.325 e. The zero-order valence-electron chi connectivity index (χ0n) is 13.9. The third kappa shape index (κ3) is 4.31. The lowest BCUT2D eigenvalue weighted by Crippen LogP contribution is -2.34. The number of amidine groups is 1. The summed E-state index contributed by atoms with van der Waals surface area (Å²) in [7, 11) is 1.68. The molecule has 0 aliphatic rings. The average molecular weight is 388 g/mol. The quantitative estimate of drug-likeness (QED) is 0.204. The average Bonchev–Trinajstić information content (AvgIpc) is 3.11. The van der Waals surface area contributed by atoms with Crippen LogP contribution in [0.3, 0.4) is 0 Å². The molecule has 0 aliphatic carbocycles. The SMILES string of the molecule is CN(N)/C(=N\N)c1ccc(NSc2cnc(-c3ccc(F)cc3)s2)cc1. The van der Waals surface area contributed by atoms with E-state index in [1.165, 1.54) is 40.4 Å². The maximum atomic E-state index is 13.0. The van der Waals surface area contributed by atoms with E-state index in [4.69, 9.17) is 11.7 Å². The second-order valence-electron chi connectivity index (χ2n) is 5.34. The lowest BCUT2D eigenvalue weighted by molar-refractivity contribution is 0.537. The number of benzene rings is 2. The number of hydrazone groups is 1. The molecule has 134 valence electrons. The van der Waals surface area contributed by atoms with Gasteiger partial charge in [0, 0.05) is 23.9 Å². The zero-order chi connectivity index (χ0) is 18.5. The molecule has 0 atom stereocenters. The predicted octanol–water partition coefficient (Wildman–Crippen LogP) is 3.49. The Morgan fingerprint density at radius 1 is 1.19 bits per heavy atom. The highest BCUT2D eigenvalue weighted by atomic mass is 32.2. The van der Waals surface area contributed by atoms with Gasteiger partial charge in [-0.1, -0.05) is 0 Å². The van der Waals surface area contributed by atoms with Crippen molar-refractivity contribution in [1.82, 2.24) is 9.99 Å². The van der Waals surface area contributed by atoms with E-state index >= 15 is 0 Å². The minimum absolute atomic E-state index is 0.256. The Balaban J connectivity index is 1.63. The van der Waals surface area contributed by atoms with Gasteiger partial charge in [-0.15, -0.1) is 11.3 Å². The first-order chi connectivity index (χ1) is 12.6. The summed E-state index contributed by atoms with van der Waals surface area (Å²) in [6.07, 6.45) is 1.79. The lowest BCUT2D eigenvalue weighted by atomic mass is 10.2. The van der Waals surface area contributed by atoms with Crippen LogP contribution in [0, 0.1) is 5.82 Å². The summed E-state index contributed by atoms with van der Waals surface area (Å²) in [6.45, 7) is 0. The fourth-order valence-electron chi connectivity index (χ4n) is 2.20. The van der Waals surface area contributed by atoms with E-state index in [-0.39, 0.29) is 5.82 Å². The molecule has 1 aromatic heterocycles. The van der Waals surface area contributed by atoms with E-state index in [1.54, 1.807) is 25.4 Å². The standard InChI is InChI=1S/C17H17FN6S2/c1-24(20)16(22-19)11-4-8-14(9-5-11)23-26-15-10-21-17(25-15)12-2-6-13(18)7-3-12/h2-10,23H,19-20H2,1H3/b22-16-. The molecule has 2 aromatic carbocycles. The van der Waals surface area contributed by atoms with E-state index < -0.39 is 0 Å². The number of anilines is 1. The van der Waals surface area contributed by atoms with Gasteiger partial charge in [-0.25, -0.2) is 15.2 Å². The third-order valence-electron chi connectivity index (χ3n) is 3.44. The molecule has 0 saturated carbocycles. The number of hydrazine groups is 1. The van der Waals surface area contributed by atoms with E-state index in [9.17, 15) is 4.39 Å². The molecule has 0 amide bonds. The Kier molecular flexibility index (Phi) is 5.71. The van der Waals surface area contributed by atoms with Gasteiger partial charge < -0.3 is 10.6 Å². The first-order valence-electron chi connectivity index (χ1n) is 7.58. The van der Waals surface area contributed by atoms with Crippen LogP contribution in [0.2, 0.25) is 0 Å². The van der Waals surface area contributed by atoms with Crippen molar-refractivity contribution in [2.75, 3.05) is 11.8 Å². The van der Waals surface area contributed by atoms with Crippen LogP contribution in [0.15, 0.2) is 64.0 Å². The Hall–Kier alpha value is -2.62. The van der Waals surface area contributed by atoms with Crippen molar-refractivity contribution in [3.8, 4) is 10.6 Å². The summed E-state index contributed by atoms with van der Waals surface area (Å²) in [4.78, 5) is 4.38. The molecule has 0 unspecified atom stereocenters. The van der Waals surface area contributed by atoms with Crippen LogP contribution in [0.4, 0.5) is 10.1 Å². The van der Waals surface area contributed by atoms with Crippen LogP contribution in [0.1, 0.15) is 5.56 Å². The topological polar surface area (TPSA) is 92.6 Å².